The van der Waals surface area contributed by atoms with Gasteiger partial charge in [0.15, 0.2) is 17.9 Å². The number of nitrogens with zero attached hydrogens (tertiary/aromatic N) is 7. The lowest BCUT2D eigenvalue weighted by atomic mass is 9.85. The van der Waals surface area contributed by atoms with Crippen molar-refractivity contribution in [2.45, 2.75) is 188 Å². The van der Waals surface area contributed by atoms with Gasteiger partial charge < -0.3 is 54.6 Å². The summed E-state index contributed by atoms with van der Waals surface area (Å²) in [6, 6.07) is 11.8. The van der Waals surface area contributed by atoms with Crippen molar-refractivity contribution in [3.8, 4) is 11.1 Å². The van der Waals surface area contributed by atoms with Crippen molar-refractivity contribution in [3.63, 3.8) is 0 Å². The Morgan fingerprint density at radius 2 is 1.25 bits per heavy atom. The summed E-state index contributed by atoms with van der Waals surface area (Å²) in [5.74, 6) is -8.50. The summed E-state index contributed by atoms with van der Waals surface area (Å²) in [5.41, 5.74) is 1.12. The number of hydrogen-bond donors (Lipinski definition) is 3. The number of nitrogens with one attached hydrogen (secondary N) is 2. The molecule has 3 aliphatic rings. The van der Waals surface area contributed by atoms with E-state index >= 15 is 28.8 Å². The van der Waals surface area contributed by atoms with Crippen LogP contribution in [-0.4, -0.2) is 203 Å². The van der Waals surface area contributed by atoms with E-state index < -0.39 is 137 Å². The molecule has 3 aliphatic heterocycles. The number of morpholine rings is 1. The molecule has 0 bridgehead atoms. The Kier molecular flexibility index (Phi) is 25.9. The van der Waals surface area contributed by atoms with Crippen LogP contribution in [0.2, 0.25) is 0 Å². The van der Waals surface area contributed by atoms with Gasteiger partial charge in [0.1, 0.15) is 36.0 Å². The van der Waals surface area contributed by atoms with Gasteiger partial charge in [-0.05, 0) is 97.6 Å². The van der Waals surface area contributed by atoms with Gasteiger partial charge in [0.25, 0.3) is 5.91 Å². The molecular weight excluding hydrogens is 1160 g/mol. The number of Topliss-reactive ketones (excluding diaryl/α,β-unsaturated/α-hetero) is 1. The minimum atomic E-state index is -1.96. The van der Waals surface area contributed by atoms with Gasteiger partial charge in [-0.1, -0.05) is 130 Å². The first-order chi connectivity index (χ1) is 42.9. The fourth-order valence-electron chi connectivity index (χ4n) is 13.2. The van der Waals surface area contributed by atoms with Crippen LogP contribution in [0.5, 0.6) is 0 Å². The Morgan fingerprint density at radius 3 is 1.86 bits per heavy atom. The Morgan fingerprint density at radius 1 is 0.637 bits per heavy atom. The number of pyridine rings is 1. The van der Waals surface area contributed by atoms with Gasteiger partial charge in [0.2, 0.25) is 35.4 Å². The lowest BCUT2D eigenvalue weighted by Gasteiger charge is -2.39. The van der Waals surface area contributed by atoms with E-state index in [1.54, 1.807) is 59.9 Å². The molecule has 2 aromatic carbocycles. The fourth-order valence-corrected chi connectivity index (χ4v) is 13.2. The molecule has 0 saturated carbocycles. The number of ether oxygens (including phenoxy) is 2. The second-order valence-electron chi connectivity index (χ2n) is 27.2. The molecule has 3 aromatic rings. The van der Waals surface area contributed by atoms with Crippen LogP contribution in [0.4, 0.5) is 5.82 Å². The molecule has 3 N–H and O–H groups in total. The maximum Gasteiger partial charge on any atom is 0.332 e. The van der Waals surface area contributed by atoms with Gasteiger partial charge in [0, 0.05) is 85.1 Å². The average Bonchev–Trinajstić information content (AvgIpc) is 2.18. The summed E-state index contributed by atoms with van der Waals surface area (Å²) >= 11 is 0. The quantitative estimate of drug-likeness (QED) is 0.140. The maximum absolute atomic E-state index is 15.8. The number of likely N-dealkylation sites (N-methyl/N-ethyl adjacent to an activating group) is 4. The number of cyclic esters (lactones) is 1. The highest BCUT2D eigenvalue weighted by Gasteiger charge is 2.48. The number of aromatic nitrogens is 1. The molecule has 91 heavy (non-hydrogen) atoms. The molecule has 21 heteroatoms. The molecule has 3 saturated heterocycles. The molecule has 3 fully saturated rings. The minimum absolute atomic E-state index is 0.0220. The molecule has 21 nitrogen and oxygen atoms in total. The molecule has 11 atom stereocenters. The van der Waals surface area contributed by atoms with Gasteiger partial charge in [-0.3, -0.25) is 38.4 Å². The van der Waals surface area contributed by atoms with Crippen molar-refractivity contribution in [2.75, 3.05) is 65.9 Å². The van der Waals surface area contributed by atoms with Crippen molar-refractivity contribution in [1.29, 1.82) is 0 Å². The van der Waals surface area contributed by atoms with E-state index in [4.69, 9.17) is 9.47 Å². The van der Waals surface area contributed by atoms with Crippen LogP contribution in [-0.2, 0) is 65.5 Å². The van der Waals surface area contributed by atoms with E-state index in [9.17, 15) is 19.5 Å². The fraction of sp³-hybridized carbons (Fsp3) is 0.629. The average molecular weight is 1260 g/mol. The number of hydrogen-bond acceptors (Lipinski definition) is 14. The first-order valence-electron chi connectivity index (χ1n) is 32.8. The molecule has 500 valence electrons. The van der Waals surface area contributed by atoms with Crippen molar-refractivity contribution in [3.05, 3.63) is 84.1 Å². The van der Waals surface area contributed by atoms with Crippen LogP contribution in [0.15, 0.2) is 72.9 Å². The zero-order valence-electron chi connectivity index (χ0n) is 56.8. The lowest BCUT2D eigenvalue weighted by molar-refractivity contribution is -0.178. The summed E-state index contributed by atoms with van der Waals surface area (Å²) in [7, 11) is 5.78. The Bertz CT molecular complexity index is 3020. The van der Waals surface area contributed by atoms with Crippen molar-refractivity contribution in [2.24, 2.45) is 35.5 Å². The Labute approximate surface area is 539 Å². The number of aliphatic hydroxyl groups is 1. The Balaban J connectivity index is 1.52. The predicted molar refractivity (Wildman–Crippen MR) is 349 cm³/mol. The molecule has 0 unspecified atom stereocenters. The maximum atomic E-state index is 15.8. The largest absolute Gasteiger partial charge is 0.450 e. The minimum Gasteiger partial charge on any atom is -0.450 e. The number of ketones is 1. The smallest absolute Gasteiger partial charge is 0.332 e. The number of anilines is 1. The second kappa shape index (κ2) is 32.3. The van der Waals surface area contributed by atoms with Crippen LogP contribution in [0.3, 0.4) is 0 Å². The van der Waals surface area contributed by atoms with E-state index in [0.29, 0.717) is 56.7 Å². The van der Waals surface area contributed by atoms with Gasteiger partial charge in [-0.25, -0.2) is 9.78 Å². The topological polar surface area (TPSA) is 249 Å². The van der Waals surface area contributed by atoms with Gasteiger partial charge in [0.05, 0.1) is 24.9 Å². The third-order valence-electron chi connectivity index (χ3n) is 18.6. The highest BCUT2D eigenvalue weighted by molar-refractivity contribution is 5.99. The van der Waals surface area contributed by atoms with Crippen LogP contribution in [0.25, 0.3) is 11.1 Å². The van der Waals surface area contributed by atoms with Crippen LogP contribution in [0, 0.1) is 35.5 Å². The standard InChI is InChI=1S/C70H103N9O12/c1-17-45(9)57-67(86)75(14)58(43(5)6)55(80)40-51(36-42(3)4)64(83)77(16)61(70(11,12)89)69(88)91-60(46(10)18-2)68(87)76(15)59(44(7)8)63(82)72-52(38-47-24-20-19-21-25-47)65(84)74(13)54(66(85)79-31-23-28-53(79)62(81)73-57)39-48-26-22-27-49(37-48)50-29-30-71-56(41-50)78-32-34-90-35-33-78/h19-22,24-27,29-30,37,41-46,51-54,57-61,89H,17-18,23,28,31-36,38-40H2,1-16H3,(H,72,82)(H,73,81)/t45-,46-,51+,52-,53-,54-,57-,58-,59-,60+,61+/m0/s1. The molecule has 0 aliphatic carbocycles. The highest BCUT2D eigenvalue weighted by Crippen LogP contribution is 2.31. The monoisotopic (exact) mass is 1260 g/mol. The number of carbonyl (C=O) groups is 9. The molecular formula is C70H103N9O12. The number of fused-ring (bicyclic) bond motifs is 1. The molecule has 4 heterocycles. The third kappa shape index (κ3) is 18.1. The number of esters is 1. The van der Waals surface area contributed by atoms with E-state index in [1.165, 1.54) is 61.6 Å². The molecule has 1 aromatic heterocycles. The summed E-state index contributed by atoms with van der Waals surface area (Å²) < 4.78 is 11.8. The number of rotatable bonds is 15. The number of amides is 7. The van der Waals surface area contributed by atoms with E-state index in [0.717, 1.165) is 21.8 Å². The number of benzene rings is 2. The molecule has 7 amide bonds. The normalized spacial score (nSPS) is 25.7. The van der Waals surface area contributed by atoms with Gasteiger partial charge in [-0.2, -0.15) is 0 Å². The van der Waals surface area contributed by atoms with E-state index in [-0.39, 0.29) is 44.6 Å². The lowest BCUT2D eigenvalue weighted by Crippen LogP contribution is -2.61. The molecule has 6 rings (SSSR count). The number of carbonyl (C=O) groups excluding carboxylic acids is 9. The predicted octanol–water partition coefficient (Wildman–Crippen LogP) is 6.36. The summed E-state index contributed by atoms with van der Waals surface area (Å²) in [5, 5.41) is 17.8. The highest BCUT2D eigenvalue weighted by atomic mass is 16.6. The van der Waals surface area contributed by atoms with Crippen molar-refractivity contribution >= 4 is 58.9 Å². The summed E-state index contributed by atoms with van der Waals surface area (Å²) in [6.07, 6.45) is 1.46. The first kappa shape index (κ1) is 72.8. The summed E-state index contributed by atoms with van der Waals surface area (Å²) in [4.78, 5) is 150. The van der Waals surface area contributed by atoms with Crippen LogP contribution in [0.1, 0.15) is 133 Å². The summed E-state index contributed by atoms with van der Waals surface area (Å²) in [6.45, 7) is 23.4. The van der Waals surface area contributed by atoms with Crippen LogP contribution < -0.4 is 15.5 Å². The zero-order chi connectivity index (χ0) is 67.3. The zero-order valence-corrected chi connectivity index (χ0v) is 56.8. The van der Waals surface area contributed by atoms with Crippen molar-refractivity contribution < 1.29 is 57.7 Å². The Hall–Kier alpha value is -7.26. The van der Waals surface area contributed by atoms with Gasteiger partial charge >= 0.3 is 5.97 Å². The van der Waals surface area contributed by atoms with Crippen LogP contribution >= 0.6 is 0 Å². The first-order valence-corrected chi connectivity index (χ1v) is 32.8. The SMILES string of the molecule is CC[C@H](C)[C@@H]1NC(=O)[C@@H]2CCCN2C(=O)[C@H](Cc2cccc(-c3ccnc(N4CCOCC4)c3)c2)N(C)C(=O)[C@H](Cc2ccccc2)NC(=O)[C@H](C(C)C)N(C)C(=O)[C@@H]([C@@H](C)CC)OC(=O)[C@H](C(C)(C)O)N(C)C(=O)[C@H](CC(C)C)CC(=O)[C@H](C(C)C)N(C)C1=O. The van der Waals surface area contributed by atoms with E-state index in [1.807, 2.05) is 82.3 Å². The third-order valence-corrected chi connectivity index (χ3v) is 18.6. The van der Waals surface area contributed by atoms with Crippen molar-refractivity contribution in [1.82, 2.24) is 40.1 Å². The van der Waals surface area contributed by atoms with Gasteiger partial charge in [-0.15, -0.1) is 0 Å². The molecule has 0 radical (unpaired) electrons. The van der Waals surface area contributed by atoms with E-state index in [2.05, 4.69) is 20.5 Å². The second-order valence-corrected chi connectivity index (χ2v) is 27.2. The molecule has 0 spiro atoms.